The molecule has 0 saturated carbocycles. The molecule has 1 aromatic heterocycles. The van der Waals surface area contributed by atoms with Crippen molar-refractivity contribution in [2.45, 2.75) is 95.2 Å². The predicted octanol–water partition coefficient (Wildman–Crippen LogP) is 9.53. The molecule has 0 radical (unpaired) electrons. The van der Waals surface area contributed by atoms with Crippen LogP contribution in [0.2, 0.25) is 10.0 Å². The van der Waals surface area contributed by atoms with Crippen molar-refractivity contribution in [2.75, 3.05) is 98.1 Å². The maximum absolute atomic E-state index is 13.3. The zero-order valence-corrected chi connectivity index (χ0v) is 44.9. The van der Waals surface area contributed by atoms with Gasteiger partial charge < -0.3 is 44.4 Å². The van der Waals surface area contributed by atoms with Crippen molar-refractivity contribution in [3.63, 3.8) is 0 Å². The summed E-state index contributed by atoms with van der Waals surface area (Å²) in [5, 5.41) is 11.0. The van der Waals surface area contributed by atoms with E-state index < -0.39 is 15.5 Å². The molecule has 0 bridgehead atoms. The highest BCUT2D eigenvalue weighted by molar-refractivity contribution is 7.90. The summed E-state index contributed by atoms with van der Waals surface area (Å²) in [4.78, 5) is 28.9. The Bertz CT molecular complexity index is 2370. The average molecular weight is 1100 g/mol. The number of hydrogen-bond acceptors (Lipinski definition) is 12. The number of aromatic nitrogens is 1. The van der Waals surface area contributed by atoms with Crippen molar-refractivity contribution in [2.24, 2.45) is 5.92 Å². The number of methoxy groups -OCH3 is 1. The van der Waals surface area contributed by atoms with Crippen molar-refractivity contribution < 1.29 is 59.6 Å². The number of nitrogens with one attached hydrogen (secondary N) is 3. The Labute approximate surface area is 443 Å². The zero-order chi connectivity index (χ0) is 53.4. The average Bonchev–Trinajstić information content (AvgIpc) is 3.38. The molecular weight excluding hydrogens is 1030 g/mol. The van der Waals surface area contributed by atoms with Gasteiger partial charge in [-0.1, -0.05) is 60.8 Å². The molecule has 1 unspecified atom stereocenters. The number of alkyl halides is 3. The Kier molecular flexibility index (Phi) is 25.9. The van der Waals surface area contributed by atoms with Crippen LogP contribution in [0.3, 0.4) is 0 Å². The summed E-state index contributed by atoms with van der Waals surface area (Å²) in [7, 11) is -3.86. The number of halogens is 5. The lowest BCUT2D eigenvalue weighted by Gasteiger charge is -2.32. The number of rotatable bonds is 34. The second kappa shape index (κ2) is 31.7. The predicted molar refractivity (Wildman–Crippen MR) is 282 cm³/mol. The molecule has 15 nitrogen and oxygen atoms in total. The third-order valence-electron chi connectivity index (χ3n) is 12.6. The number of anilines is 1. The second-order valence-electron chi connectivity index (χ2n) is 18.1. The van der Waals surface area contributed by atoms with E-state index >= 15 is 0 Å². The molecule has 2 heterocycles. The minimum absolute atomic E-state index is 0.0130. The Morgan fingerprint density at radius 2 is 1.35 bits per heavy atom. The van der Waals surface area contributed by atoms with E-state index in [1.165, 1.54) is 0 Å². The van der Waals surface area contributed by atoms with Gasteiger partial charge in [0.1, 0.15) is 17.9 Å². The molecule has 3 N–H and O–H groups in total. The van der Waals surface area contributed by atoms with Gasteiger partial charge in [-0.3, -0.25) is 14.6 Å². The van der Waals surface area contributed by atoms with Crippen LogP contribution in [0.5, 0.6) is 5.75 Å². The molecule has 5 rings (SSSR count). The van der Waals surface area contributed by atoms with Gasteiger partial charge in [-0.25, -0.2) is 8.42 Å². The molecule has 1 saturated heterocycles. The van der Waals surface area contributed by atoms with Gasteiger partial charge in [-0.2, -0.15) is 17.5 Å². The third kappa shape index (κ3) is 20.0. The highest BCUT2D eigenvalue weighted by Crippen LogP contribution is 2.40. The zero-order valence-electron chi connectivity index (χ0n) is 42.6. The molecule has 21 heteroatoms. The van der Waals surface area contributed by atoms with Gasteiger partial charge in [0.2, 0.25) is 11.8 Å². The SMILES string of the molecule is CCC(CCOCCCNC(=O)CCOC)C[C@@H](C)OCCOCCCNC(=O)CCOCCOc1cc(C(c2ccc(Cl)cc2)c2ccc(Cl)cc2)cc2c(NC3CCN(S(=O)(=O)C(F)(F)F)CC3)ccnc12. The summed E-state index contributed by atoms with van der Waals surface area (Å²) in [6.45, 7) is 8.34. The van der Waals surface area contributed by atoms with Crippen LogP contribution in [-0.2, 0) is 43.3 Å². The van der Waals surface area contributed by atoms with Crippen molar-refractivity contribution >= 4 is 61.6 Å². The molecule has 2 atom stereocenters. The minimum Gasteiger partial charge on any atom is -0.489 e. The second-order valence-corrected chi connectivity index (χ2v) is 20.9. The third-order valence-corrected chi connectivity index (χ3v) is 14.8. The smallest absolute Gasteiger partial charge is 0.489 e. The summed E-state index contributed by atoms with van der Waals surface area (Å²) < 4.78 is 99.3. The van der Waals surface area contributed by atoms with Crippen LogP contribution in [0.1, 0.15) is 94.2 Å². The molecule has 1 aliphatic rings. The first-order valence-electron chi connectivity index (χ1n) is 25.4. The summed E-state index contributed by atoms with van der Waals surface area (Å²) in [6.07, 6.45) is 6.87. The van der Waals surface area contributed by atoms with Gasteiger partial charge in [-0.05, 0) is 111 Å². The lowest BCUT2D eigenvalue weighted by Crippen LogP contribution is -2.47. The van der Waals surface area contributed by atoms with Gasteiger partial charge in [0.15, 0.2) is 0 Å². The fourth-order valence-electron chi connectivity index (χ4n) is 8.58. The number of benzene rings is 3. The molecule has 74 heavy (non-hydrogen) atoms. The van der Waals surface area contributed by atoms with E-state index in [2.05, 4.69) is 34.8 Å². The van der Waals surface area contributed by atoms with Gasteiger partial charge in [-0.15, -0.1) is 0 Å². The topological polar surface area (TPSA) is 176 Å². The number of piperidine rings is 1. The van der Waals surface area contributed by atoms with Gasteiger partial charge >= 0.3 is 15.5 Å². The molecule has 4 aromatic rings. The van der Waals surface area contributed by atoms with Gasteiger partial charge in [0, 0.05) is 105 Å². The van der Waals surface area contributed by atoms with E-state index in [4.69, 9.17) is 51.6 Å². The van der Waals surface area contributed by atoms with Gasteiger partial charge in [0.25, 0.3) is 0 Å². The number of ether oxygens (including phenoxy) is 6. The number of carbonyl (C=O) groups is 2. The molecule has 1 fully saturated rings. The summed E-state index contributed by atoms with van der Waals surface area (Å²) in [5.41, 5.74) is -1.48. The first kappa shape index (κ1) is 60.6. The number of carbonyl (C=O) groups excluding carboxylic acids is 2. The normalized spacial score (nSPS) is 14.6. The van der Waals surface area contributed by atoms with Gasteiger partial charge in [0.05, 0.1) is 39.1 Å². The summed E-state index contributed by atoms with van der Waals surface area (Å²) >= 11 is 12.6. The summed E-state index contributed by atoms with van der Waals surface area (Å²) in [6, 6.07) is 20.4. The van der Waals surface area contributed by atoms with Crippen LogP contribution in [0.25, 0.3) is 10.9 Å². The van der Waals surface area contributed by atoms with Crippen LogP contribution in [0, 0.1) is 5.92 Å². The van der Waals surface area contributed by atoms with E-state index in [1.54, 1.807) is 19.4 Å². The molecule has 1 aliphatic heterocycles. The molecule has 410 valence electrons. The highest BCUT2D eigenvalue weighted by Gasteiger charge is 2.50. The van der Waals surface area contributed by atoms with E-state index in [0.717, 1.165) is 42.4 Å². The molecule has 2 amide bonds. The van der Waals surface area contributed by atoms with Crippen LogP contribution in [-0.4, -0.2) is 140 Å². The fraction of sp³-hybridized carbons (Fsp3) is 0.566. The Morgan fingerprint density at radius 1 is 0.770 bits per heavy atom. The van der Waals surface area contributed by atoms with Crippen molar-refractivity contribution in [1.82, 2.24) is 19.9 Å². The molecule has 0 aliphatic carbocycles. The van der Waals surface area contributed by atoms with Crippen LogP contribution >= 0.6 is 23.2 Å². The first-order valence-corrected chi connectivity index (χ1v) is 27.6. The Morgan fingerprint density at radius 3 is 1.95 bits per heavy atom. The van der Waals surface area contributed by atoms with Crippen LogP contribution in [0.15, 0.2) is 72.9 Å². The lowest BCUT2D eigenvalue weighted by atomic mass is 9.84. The highest BCUT2D eigenvalue weighted by atomic mass is 35.5. The lowest BCUT2D eigenvalue weighted by molar-refractivity contribution is -0.123. The van der Waals surface area contributed by atoms with Crippen molar-refractivity contribution in [3.8, 4) is 5.75 Å². The largest absolute Gasteiger partial charge is 0.511 e. The maximum Gasteiger partial charge on any atom is 0.511 e. The molecule has 0 spiro atoms. The number of amides is 2. The standard InChI is InChI=1S/C53H72Cl2F3N5O10S/c1-4-39(18-29-69-26-5-21-59-49(64)19-28-68-3)35-38(2)72-33-31-70-27-6-22-60-50(65)20-30-71-32-34-73-48-37-42(51(40-7-11-43(54)12-8-40)41-9-13-44(55)14-10-41)36-46-47(15-23-61-52(46)48)62-45-16-24-63(25-17-45)74(66,67)53(56,57)58/h7-15,23,36-39,45,51H,4-6,16-22,24-35H2,1-3H3,(H,59,64)(H,60,65)(H,61,62)/t38-,39?/m1/s1. The van der Waals surface area contributed by atoms with E-state index in [0.29, 0.717) is 108 Å². The van der Waals surface area contributed by atoms with Crippen molar-refractivity contribution in [3.05, 3.63) is 99.7 Å². The van der Waals surface area contributed by atoms with Crippen LogP contribution < -0.4 is 20.7 Å². The Balaban J connectivity index is 1.05. The fourth-order valence-corrected chi connectivity index (χ4v) is 9.82. The quantitative estimate of drug-likeness (QED) is 0.0299. The van der Waals surface area contributed by atoms with E-state index in [1.807, 2.05) is 60.7 Å². The number of fused-ring (bicyclic) bond motifs is 1. The number of nitrogens with zero attached hydrogens (tertiary/aromatic N) is 2. The molecular formula is C53H72Cl2F3N5O10S. The number of sulfonamides is 1. The van der Waals surface area contributed by atoms with Crippen LogP contribution in [0.4, 0.5) is 18.9 Å². The monoisotopic (exact) mass is 1100 g/mol. The summed E-state index contributed by atoms with van der Waals surface area (Å²) in [5.74, 6) is 0.471. The van der Waals surface area contributed by atoms with E-state index in [-0.39, 0.29) is 82.1 Å². The maximum atomic E-state index is 13.3. The minimum atomic E-state index is -5.43. The van der Waals surface area contributed by atoms with E-state index in [9.17, 15) is 31.2 Å². The van der Waals surface area contributed by atoms with Crippen molar-refractivity contribution in [1.29, 1.82) is 0 Å². The first-order chi connectivity index (χ1) is 35.6. The molecule has 3 aromatic carbocycles. The number of hydrogen-bond donors (Lipinski definition) is 3. The number of pyridine rings is 1. The Hall–Kier alpha value is -4.31.